The zero-order valence-corrected chi connectivity index (χ0v) is 11.7. The molecule has 0 spiro atoms. The number of nitrogens with one attached hydrogen (secondary N) is 1. The fourth-order valence-corrected chi connectivity index (χ4v) is 2.97. The molecular formula is C11H14N2O6S. The third-order valence-corrected chi connectivity index (χ3v) is 3.98. The minimum Gasteiger partial charge on any atom is -0.480 e. The summed E-state index contributed by atoms with van der Waals surface area (Å²) in [5.41, 5.74) is -1.45. The molecule has 2 N–H and O–H groups in total. The van der Waals surface area contributed by atoms with E-state index < -0.39 is 32.2 Å². The molecule has 110 valence electrons. The lowest BCUT2D eigenvalue weighted by atomic mass is 10.1. The van der Waals surface area contributed by atoms with Gasteiger partial charge in [0, 0.05) is 12.1 Å². The number of hydrogen-bond acceptors (Lipinski definition) is 5. The summed E-state index contributed by atoms with van der Waals surface area (Å²) in [7, 11) is -3.87. The summed E-state index contributed by atoms with van der Waals surface area (Å²) < 4.78 is 25.7. The third kappa shape index (κ3) is 4.28. The summed E-state index contributed by atoms with van der Waals surface area (Å²) in [5, 5.41) is 19.3. The molecule has 0 unspecified atom stereocenters. The van der Waals surface area contributed by atoms with E-state index in [0.717, 1.165) is 0 Å². The molecule has 0 aromatic heterocycles. The van der Waals surface area contributed by atoms with Gasteiger partial charge in [-0.05, 0) is 19.4 Å². The lowest BCUT2D eigenvalue weighted by molar-refractivity contribution is -0.384. The van der Waals surface area contributed by atoms with Gasteiger partial charge in [0.05, 0.1) is 10.7 Å². The van der Waals surface area contributed by atoms with E-state index in [1.54, 1.807) is 0 Å². The summed E-state index contributed by atoms with van der Waals surface area (Å²) in [6.45, 7) is 2.45. The predicted octanol–water partition coefficient (Wildman–Crippen LogP) is 0.877. The molecule has 0 aliphatic heterocycles. The second kappa shape index (κ2) is 5.55. The van der Waals surface area contributed by atoms with E-state index in [1.165, 1.54) is 38.1 Å². The average molecular weight is 302 g/mol. The zero-order valence-electron chi connectivity index (χ0n) is 10.9. The largest absolute Gasteiger partial charge is 0.480 e. The Morgan fingerprint density at radius 1 is 1.35 bits per heavy atom. The lowest BCUT2D eigenvalue weighted by Crippen LogP contribution is -2.49. The molecular weight excluding hydrogens is 288 g/mol. The fourth-order valence-electron chi connectivity index (χ4n) is 1.40. The molecule has 0 aliphatic carbocycles. The Morgan fingerprint density at radius 3 is 2.25 bits per heavy atom. The lowest BCUT2D eigenvalue weighted by Gasteiger charge is -2.20. The maximum Gasteiger partial charge on any atom is 0.324 e. The molecule has 0 amide bonds. The van der Waals surface area contributed by atoms with Crippen LogP contribution in [0.3, 0.4) is 0 Å². The highest BCUT2D eigenvalue weighted by Crippen LogP contribution is 2.15. The van der Waals surface area contributed by atoms with Crippen LogP contribution in [0, 0.1) is 10.1 Å². The Morgan fingerprint density at radius 2 is 1.85 bits per heavy atom. The Labute approximate surface area is 115 Å². The molecule has 0 saturated heterocycles. The molecule has 9 heteroatoms. The summed E-state index contributed by atoms with van der Waals surface area (Å²) in [4.78, 5) is 20.7. The maximum atomic E-state index is 11.8. The molecule has 1 rings (SSSR count). The molecule has 0 fully saturated rings. The monoisotopic (exact) mass is 302 g/mol. The van der Waals surface area contributed by atoms with Crippen molar-refractivity contribution in [2.75, 3.05) is 0 Å². The highest BCUT2D eigenvalue weighted by Gasteiger charge is 2.32. The quantitative estimate of drug-likeness (QED) is 0.593. The third-order valence-electron chi connectivity index (χ3n) is 2.45. The highest BCUT2D eigenvalue weighted by atomic mass is 32.2. The SMILES string of the molecule is CC(C)(NS(=O)(=O)Cc1ccc([N+](=O)[O-])cc1)C(=O)O. The van der Waals surface area contributed by atoms with Gasteiger partial charge in [-0.1, -0.05) is 12.1 Å². The molecule has 0 atom stereocenters. The molecule has 0 aliphatic rings. The summed E-state index contributed by atoms with van der Waals surface area (Å²) >= 11 is 0. The Kier molecular flexibility index (Phi) is 4.46. The van der Waals surface area contributed by atoms with Gasteiger partial charge in [0.15, 0.2) is 0 Å². The highest BCUT2D eigenvalue weighted by molar-refractivity contribution is 7.88. The minimum atomic E-state index is -3.87. The van der Waals surface area contributed by atoms with Crippen molar-refractivity contribution in [2.45, 2.75) is 25.1 Å². The van der Waals surface area contributed by atoms with Crippen LogP contribution in [0.2, 0.25) is 0 Å². The van der Waals surface area contributed by atoms with Gasteiger partial charge in [0.2, 0.25) is 10.0 Å². The normalized spacial score (nSPS) is 12.1. The van der Waals surface area contributed by atoms with Gasteiger partial charge >= 0.3 is 5.97 Å². The van der Waals surface area contributed by atoms with Crippen LogP contribution in [-0.2, 0) is 20.6 Å². The molecule has 1 aromatic carbocycles. The number of carboxylic acid groups (broad SMARTS) is 1. The average Bonchev–Trinajstić information content (AvgIpc) is 2.27. The molecule has 0 radical (unpaired) electrons. The number of carboxylic acids is 1. The van der Waals surface area contributed by atoms with Gasteiger partial charge < -0.3 is 5.11 Å². The van der Waals surface area contributed by atoms with Crippen molar-refractivity contribution in [3.63, 3.8) is 0 Å². The number of non-ortho nitro benzene ring substituents is 1. The number of hydrogen-bond donors (Lipinski definition) is 2. The van der Waals surface area contributed by atoms with Crippen LogP contribution in [0.1, 0.15) is 19.4 Å². The second-order valence-corrected chi connectivity index (χ2v) is 6.44. The van der Waals surface area contributed by atoms with E-state index in [2.05, 4.69) is 4.72 Å². The minimum absolute atomic E-state index is 0.148. The molecule has 0 bridgehead atoms. The Hall–Kier alpha value is -2.00. The van der Waals surface area contributed by atoms with Gasteiger partial charge in [0.1, 0.15) is 5.54 Å². The number of carbonyl (C=O) groups is 1. The van der Waals surface area contributed by atoms with Crippen molar-refractivity contribution in [3.8, 4) is 0 Å². The van der Waals surface area contributed by atoms with Gasteiger partial charge in [-0.2, -0.15) is 4.72 Å². The number of nitrogens with zero attached hydrogens (tertiary/aromatic N) is 1. The number of aliphatic carboxylic acids is 1. The molecule has 0 heterocycles. The van der Waals surface area contributed by atoms with Crippen LogP contribution in [0.5, 0.6) is 0 Å². The van der Waals surface area contributed by atoms with E-state index in [9.17, 15) is 23.3 Å². The van der Waals surface area contributed by atoms with E-state index in [4.69, 9.17) is 5.11 Å². The van der Waals surface area contributed by atoms with E-state index >= 15 is 0 Å². The molecule has 1 aromatic rings. The Balaban J connectivity index is 2.86. The first-order chi connectivity index (χ1) is 9.03. The van der Waals surface area contributed by atoms with Gasteiger partial charge in [-0.3, -0.25) is 14.9 Å². The van der Waals surface area contributed by atoms with Crippen molar-refractivity contribution in [2.24, 2.45) is 0 Å². The number of benzene rings is 1. The van der Waals surface area contributed by atoms with Gasteiger partial charge in [-0.25, -0.2) is 8.42 Å². The number of nitro groups is 1. The topological polar surface area (TPSA) is 127 Å². The first kappa shape index (κ1) is 16.1. The second-order valence-electron chi connectivity index (χ2n) is 4.71. The van der Waals surface area contributed by atoms with Gasteiger partial charge in [0.25, 0.3) is 5.69 Å². The van der Waals surface area contributed by atoms with Crippen LogP contribution in [0.25, 0.3) is 0 Å². The zero-order chi connectivity index (χ0) is 15.6. The van der Waals surface area contributed by atoms with Gasteiger partial charge in [-0.15, -0.1) is 0 Å². The first-order valence-electron chi connectivity index (χ1n) is 5.52. The van der Waals surface area contributed by atoms with E-state index in [1.807, 2.05) is 0 Å². The summed E-state index contributed by atoms with van der Waals surface area (Å²) in [6, 6.07) is 5.00. The number of nitro benzene ring substituents is 1. The molecule has 20 heavy (non-hydrogen) atoms. The maximum absolute atomic E-state index is 11.8. The van der Waals surface area contributed by atoms with Crippen molar-refractivity contribution in [3.05, 3.63) is 39.9 Å². The van der Waals surface area contributed by atoms with E-state index in [0.29, 0.717) is 5.56 Å². The smallest absolute Gasteiger partial charge is 0.324 e. The Bertz CT molecular complexity index is 621. The molecule has 0 saturated carbocycles. The van der Waals surface area contributed by atoms with E-state index in [-0.39, 0.29) is 5.69 Å². The standard InChI is InChI=1S/C11H14N2O6S/c1-11(2,10(14)15)12-20(18,19)7-8-3-5-9(6-4-8)13(16)17/h3-6,12H,7H2,1-2H3,(H,14,15). The van der Waals surface area contributed by atoms with Crippen LogP contribution < -0.4 is 4.72 Å². The number of rotatable bonds is 6. The van der Waals surface area contributed by atoms with Crippen LogP contribution in [0.15, 0.2) is 24.3 Å². The molecule has 8 nitrogen and oxygen atoms in total. The predicted molar refractivity (Wildman–Crippen MR) is 70.6 cm³/mol. The first-order valence-corrected chi connectivity index (χ1v) is 7.17. The van der Waals surface area contributed by atoms with Crippen LogP contribution in [0.4, 0.5) is 5.69 Å². The number of sulfonamides is 1. The van der Waals surface area contributed by atoms with Crippen LogP contribution in [-0.4, -0.2) is 30.0 Å². The van der Waals surface area contributed by atoms with Crippen LogP contribution >= 0.6 is 0 Å². The van der Waals surface area contributed by atoms with Crippen molar-refractivity contribution >= 4 is 21.7 Å². The van der Waals surface area contributed by atoms with Crippen molar-refractivity contribution < 1.29 is 23.2 Å². The fraction of sp³-hybridized carbons (Fsp3) is 0.364. The van der Waals surface area contributed by atoms with Crippen molar-refractivity contribution in [1.29, 1.82) is 0 Å². The van der Waals surface area contributed by atoms with Crippen molar-refractivity contribution in [1.82, 2.24) is 4.72 Å². The summed E-state index contributed by atoms with van der Waals surface area (Å²) in [5.74, 6) is -1.76. The summed E-state index contributed by atoms with van der Waals surface area (Å²) in [6.07, 6.45) is 0.